The summed E-state index contributed by atoms with van der Waals surface area (Å²) in [6, 6.07) is 5.92. The molecule has 2 aliphatic rings. The maximum Gasteiger partial charge on any atom is 0.159 e. The first-order chi connectivity index (χ1) is 7.86. The maximum atomic E-state index is 5.84. The largest absolute Gasteiger partial charge is 0.497 e. The third-order valence-corrected chi connectivity index (χ3v) is 2.95. The Balaban J connectivity index is 0.00000108. The van der Waals surface area contributed by atoms with Gasteiger partial charge in [0.1, 0.15) is 17.3 Å². The highest BCUT2D eigenvalue weighted by Gasteiger charge is 2.28. The van der Waals surface area contributed by atoms with Crippen LogP contribution in [0.15, 0.2) is 23.2 Å². The average molecular weight is 255 g/mol. The minimum Gasteiger partial charge on any atom is -0.497 e. The van der Waals surface area contributed by atoms with Crippen LogP contribution in [-0.2, 0) is 6.42 Å². The molecule has 0 radical (unpaired) electrons. The topological polar surface area (TPSA) is 42.8 Å². The number of benzene rings is 1. The third kappa shape index (κ3) is 2.17. The summed E-state index contributed by atoms with van der Waals surface area (Å²) in [5, 5.41) is 3.26. The molecule has 3 rings (SSSR count). The predicted molar refractivity (Wildman–Crippen MR) is 68.7 cm³/mol. The first-order valence-corrected chi connectivity index (χ1v) is 5.48. The lowest BCUT2D eigenvalue weighted by Gasteiger charge is -2.10. The van der Waals surface area contributed by atoms with Gasteiger partial charge in [-0.1, -0.05) is 0 Å². The van der Waals surface area contributed by atoms with Crippen LogP contribution in [-0.4, -0.2) is 32.1 Å². The lowest BCUT2D eigenvalue weighted by atomic mass is 10.1. The second-order valence-electron chi connectivity index (χ2n) is 3.98. The van der Waals surface area contributed by atoms with Crippen molar-refractivity contribution in [3.05, 3.63) is 23.8 Å². The number of fused-ring (bicyclic) bond motifs is 1. The minimum absolute atomic E-state index is 0. The number of methoxy groups -OCH3 is 1. The summed E-state index contributed by atoms with van der Waals surface area (Å²) in [5.41, 5.74) is 1.20. The van der Waals surface area contributed by atoms with Gasteiger partial charge in [0.15, 0.2) is 6.10 Å². The fourth-order valence-corrected chi connectivity index (χ4v) is 2.14. The van der Waals surface area contributed by atoms with Crippen molar-refractivity contribution in [3.8, 4) is 11.5 Å². The molecule has 92 valence electrons. The van der Waals surface area contributed by atoms with E-state index >= 15 is 0 Å². The maximum absolute atomic E-state index is 5.84. The van der Waals surface area contributed by atoms with Crippen LogP contribution in [0.4, 0.5) is 0 Å². The summed E-state index contributed by atoms with van der Waals surface area (Å²) in [6.07, 6.45) is 0.933. The Kier molecular flexibility index (Phi) is 3.43. The van der Waals surface area contributed by atoms with Gasteiger partial charge in [0, 0.05) is 18.5 Å². The van der Waals surface area contributed by atoms with Crippen molar-refractivity contribution in [1.29, 1.82) is 0 Å². The van der Waals surface area contributed by atoms with Crippen LogP contribution < -0.4 is 14.8 Å². The number of nitrogens with zero attached hydrogens (tertiary/aromatic N) is 1. The Hall–Kier alpha value is -1.42. The first kappa shape index (κ1) is 12.0. The Bertz CT molecular complexity index is 448. The molecule has 2 aliphatic heterocycles. The monoisotopic (exact) mass is 254 g/mol. The second kappa shape index (κ2) is 4.84. The molecule has 1 N–H and O–H groups in total. The van der Waals surface area contributed by atoms with Crippen LogP contribution in [0.2, 0.25) is 0 Å². The van der Waals surface area contributed by atoms with Crippen LogP contribution in [0.5, 0.6) is 11.5 Å². The number of halogens is 1. The molecule has 0 amide bonds. The number of amidine groups is 1. The Morgan fingerprint density at radius 2 is 2.35 bits per heavy atom. The highest BCUT2D eigenvalue weighted by Crippen LogP contribution is 2.32. The van der Waals surface area contributed by atoms with E-state index in [9.17, 15) is 0 Å². The van der Waals surface area contributed by atoms with E-state index in [0.29, 0.717) is 0 Å². The van der Waals surface area contributed by atoms with Crippen LogP contribution in [0, 0.1) is 0 Å². The van der Waals surface area contributed by atoms with Crippen molar-refractivity contribution in [2.45, 2.75) is 12.5 Å². The van der Waals surface area contributed by atoms with Gasteiger partial charge in [0.2, 0.25) is 0 Å². The van der Waals surface area contributed by atoms with Crippen LogP contribution in [0.25, 0.3) is 0 Å². The molecule has 0 bridgehead atoms. The molecule has 0 aliphatic carbocycles. The van der Waals surface area contributed by atoms with Gasteiger partial charge < -0.3 is 14.8 Å². The van der Waals surface area contributed by atoms with Crippen molar-refractivity contribution < 1.29 is 9.47 Å². The molecule has 0 spiro atoms. The Morgan fingerprint density at radius 3 is 3.06 bits per heavy atom. The van der Waals surface area contributed by atoms with E-state index in [1.807, 2.05) is 18.2 Å². The molecule has 1 unspecified atom stereocenters. The fraction of sp³-hybridized carbons (Fsp3) is 0.417. The molecular weight excluding hydrogens is 240 g/mol. The van der Waals surface area contributed by atoms with E-state index < -0.39 is 0 Å². The highest BCUT2D eigenvalue weighted by molar-refractivity contribution is 5.89. The van der Waals surface area contributed by atoms with Crippen molar-refractivity contribution in [1.82, 2.24) is 5.32 Å². The quantitative estimate of drug-likeness (QED) is 0.868. The van der Waals surface area contributed by atoms with Gasteiger partial charge in [-0.05, 0) is 18.2 Å². The normalized spacial score (nSPS) is 20.8. The SMILES string of the molecule is COc1ccc2c(c1)CC(C1=NCCN1)O2.Cl. The van der Waals surface area contributed by atoms with E-state index in [1.54, 1.807) is 7.11 Å². The van der Waals surface area contributed by atoms with Crippen molar-refractivity contribution in [2.24, 2.45) is 4.99 Å². The van der Waals surface area contributed by atoms with Gasteiger partial charge in [0.25, 0.3) is 0 Å². The molecule has 4 nitrogen and oxygen atoms in total. The third-order valence-electron chi connectivity index (χ3n) is 2.95. The average Bonchev–Trinajstić information content (AvgIpc) is 2.96. The van der Waals surface area contributed by atoms with Crippen LogP contribution >= 0.6 is 12.4 Å². The molecule has 0 fully saturated rings. The lowest BCUT2D eigenvalue weighted by Crippen LogP contribution is -2.34. The number of rotatable bonds is 2. The summed E-state index contributed by atoms with van der Waals surface area (Å²) in [7, 11) is 1.68. The molecule has 5 heteroatoms. The summed E-state index contributed by atoms with van der Waals surface area (Å²) < 4.78 is 11.0. The van der Waals surface area contributed by atoms with Crippen molar-refractivity contribution in [2.75, 3.05) is 20.2 Å². The number of hydrogen-bond acceptors (Lipinski definition) is 4. The van der Waals surface area contributed by atoms with Gasteiger partial charge in [0.05, 0.1) is 13.7 Å². The molecular formula is C12H15ClN2O2. The number of aliphatic imine (C=N–C) groups is 1. The summed E-state index contributed by atoms with van der Waals surface area (Å²) in [5.74, 6) is 2.81. The van der Waals surface area contributed by atoms with E-state index in [1.165, 1.54) is 5.56 Å². The van der Waals surface area contributed by atoms with E-state index in [2.05, 4.69) is 10.3 Å². The van der Waals surface area contributed by atoms with Gasteiger partial charge in [-0.25, -0.2) is 0 Å². The standard InChI is InChI=1S/C12H14N2O2.ClH/c1-15-9-2-3-10-8(6-9)7-11(16-10)12-13-4-5-14-12;/h2-3,6,11H,4-5,7H2,1H3,(H,13,14);1H. The number of hydrogen-bond donors (Lipinski definition) is 1. The molecule has 2 heterocycles. The predicted octanol–water partition coefficient (Wildman–Crippen LogP) is 1.42. The van der Waals surface area contributed by atoms with E-state index in [0.717, 1.165) is 36.8 Å². The molecule has 1 aromatic carbocycles. The second-order valence-corrected chi connectivity index (χ2v) is 3.98. The van der Waals surface area contributed by atoms with Gasteiger partial charge in [-0.15, -0.1) is 12.4 Å². The zero-order valence-electron chi connectivity index (χ0n) is 9.60. The van der Waals surface area contributed by atoms with Crippen LogP contribution in [0.3, 0.4) is 0 Å². The Morgan fingerprint density at radius 1 is 1.47 bits per heavy atom. The lowest BCUT2D eigenvalue weighted by molar-refractivity contribution is 0.298. The molecule has 0 saturated heterocycles. The molecule has 1 aromatic rings. The highest BCUT2D eigenvalue weighted by atomic mass is 35.5. The first-order valence-electron chi connectivity index (χ1n) is 5.48. The molecule has 17 heavy (non-hydrogen) atoms. The van der Waals surface area contributed by atoms with E-state index in [-0.39, 0.29) is 18.5 Å². The zero-order chi connectivity index (χ0) is 11.0. The Labute approximate surface area is 106 Å². The number of ether oxygens (including phenoxy) is 2. The molecule has 1 atom stereocenters. The van der Waals surface area contributed by atoms with Crippen LogP contribution in [0.1, 0.15) is 5.56 Å². The summed E-state index contributed by atoms with van der Waals surface area (Å²) in [6.45, 7) is 1.78. The molecule has 0 saturated carbocycles. The number of nitrogens with one attached hydrogen (secondary N) is 1. The summed E-state index contributed by atoms with van der Waals surface area (Å²) in [4.78, 5) is 4.39. The smallest absolute Gasteiger partial charge is 0.159 e. The van der Waals surface area contributed by atoms with E-state index in [4.69, 9.17) is 9.47 Å². The van der Waals surface area contributed by atoms with Crippen molar-refractivity contribution >= 4 is 18.2 Å². The minimum atomic E-state index is 0. The van der Waals surface area contributed by atoms with Gasteiger partial charge >= 0.3 is 0 Å². The summed E-state index contributed by atoms with van der Waals surface area (Å²) >= 11 is 0. The van der Waals surface area contributed by atoms with Gasteiger partial charge in [-0.2, -0.15) is 0 Å². The van der Waals surface area contributed by atoms with Crippen molar-refractivity contribution in [3.63, 3.8) is 0 Å². The van der Waals surface area contributed by atoms with Gasteiger partial charge in [-0.3, -0.25) is 4.99 Å². The molecule has 0 aromatic heterocycles. The fourth-order valence-electron chi connectivity index (χ4n) is 2.14. The zero-order valence-corrected chi connectivity index (χ0v) is 10.4.